The van der Waals surface area contributed by atoms with E-state index in [1.165, 1.54) is 13.3 Å². The molecule has 2 aromatic rings. The summed E-state index contributed by atoms with van der Waals surface area (Å²) in [5.41, 5.74) is 3.56. The van der Waals surface area contributed by atoms with Gasteiger partial charge in [0.25, 0.3) is 5.91 Å². The summed E-state index contributed by atoms with van der Waals surface area (Å²) in [6.07, 6.45) is 1.29. The van der Waals surface area contributed by atoms with Gasteiger partial charge in [0, 0.05) is 11.3 Å². The van der Waals surface area contributed by atoms with E-state index >= 15 is 0 Å². The molecular formula is C18H19IN2O4. The second-order valence-electron chi connectivity index (χ2n) is 5.36. The fourth-order valence-corrected chi connectivity index (χ4v) is 3.01. The molecule has 0 unspecified atom stereocenters. The second-order valence-corrected chi connectivity index (χ2v) is 6.53. The monoisotopic (exact) mass is 454 g/mol. The lowest BCUT2D eigenvalue weighted by Crippen LogP contribution is -2.21. The van der Waals surface area contributed by atoms with Crippen molar-refractivity contribution < 1.29 is 19.5 Å². The highest BCUT2D eigenvalue weighted by Crippen LogP contribution is 2.33. The Hall–Kier alpha value is -2.29. The number of nitrogens with zero attached hydrogens (tertiary/aromatic N) is 1. The van der Waals surface area contributed by atoms with Crippen molar-refractivity contribution in [1.29, 1.82) is 0 Å². The van der Waals surface area contributed by atoms with Crippen LogP contribution in [-0.4, -0.2) is 31.0 Å². The van der Waals surface area contributed by atoms with Gasteiger partial charge < -0.3 is 20.0 Å². The van der Waals surface area contributed by atoms with Crippen molar-refractivity contribution in [2.75, 3.05) is 19.0 Å². The first kappa shape index (κ1) is 19.0. The molecule has 0 aromatic heterocycles. The molecule has 0 saturated carbocycles. The Bertz CT molecular complexity index is 806. The molecule has 0 saturated heterocycles. The summed E-state index contributed by atoms with van der Waals surface area (Å²) in [5, 5.41) is 14.5. The first-order valence-electron chi connectivity index (χ1n) is 7.50. The van der Waals surface area contributed by atoms with Gasteiger partial charge in [-0.05, 0) is 65.8 Å². The van der Waals surface area contributed by atoms with Gasteiger partial charge in [0.05, 0.1) is 16.9 Å². The fraction of sp³-hybridized carbons (Fsp3) is 0.222. The van der Waals surface area contributed by atoms with E-state index in [0.29, 0.717) is 17.1 Å². The van der Waals surface area contributed by atoms with Crippen molar-refractivity contribution in [3.8, 4) is 11.5 Å². The fourth-order valence-electron chi connectivity index (χ4n) is 2.23. The van der Waals surface area contributed by atoms with Crippen molar-refractivity contribution in [3.63, 3.8) is 0 Å². The van der Waals surface area contributed by atoms with E-state index in [9.17, 15) is 4.79 Å². The number of hydrogen-bond donors (Lipinski definition) is 2. The van der Waals surface area contributed by atoms with Gasteiger partial charge in [0.15, 0.2) is 18.1 Å². The number of amides is 1. The van der Waals surface area contributed by atoms with Gasteiger partial charge in [-0.15, -0.1) is 0 Å². The third-order valence-electron chi connectivity index (χ3n) is 3.68. The number of methoxy groups -OCH3 is 1. The first-order chi connectivity index (χ1) is 12.0. The molecule has 0 radical (unpaired) electrons. The van der Waals surface area contributed by atoms with Crippen molar-refractivity contribution in [2.24, 2.45) is 5.16 Å². The van der Waals surface area contributed by atoms with Crippen LogP contribution in [0.15, 0.2) is 35.5 Å². The molecule has 25 heavy (non-hydrogen) atoms. The lowest BCUT2D eigenvalue weighted by Gasteiger charge is -2.14. The molecule has 2 aromatic carbocycles. The van der Waals surface area contributed by atoms with Crippen LogP contribution in [0, 0.1) is 17.4 Å². The van der Waals surface area contributed by atoms with Gasteiger partial charge in [-0.25, -0.2) is 0 Å². The van der Waals surface area contributed by atoms with Crippen LogP contribution in [0.4, 0.5) is 5.69 Å². The molecule has 0 aliphatic carbocycles. The van der Waals surface area contributed by atoms with Crippen molar-refractivity contribution in [3.05, 3.63) is 50.6 Å². The predicted molar refractivity (Wildman–Crippen MR) is 105 cm³/mol. The summed E-state index contributed by atoms with van der Waals surface area (Å²) in [4.78, 5) is 12.2. The molecular weight excluding hydrogens is 435 g/mol. The number of anilines is 1. The van der Waals surface area contributed by atoms with E-state index in [1.54, 1.807) is 12.1 Å². The number of halogens is 1. The van der Waals surface area contributed by atoms with E-state index in [1.807, 2.05) is 32.0 Å². The summed E-state index contributed by atoms with van der Waals surface area (Å²) in [6, 6.07) is 9.17. The zero-order chi connectivity index (χ0) is 18.4. The quantitative estimate of drug-likeness (QED) is 0.302. The molecule has 132 valence electrons. The number of benzene rings is 2. The molecule has 2 rings (SSSR count). The first-order valence-corrected chi connectivity index (χ1v) is 8.58. The molecule has 0 fully saturated rings. The number of aryl methyl sites for hydroxylation is 1. The van der Waals surface area contributed by atoms with Crippen LogP contribution < -0.4 is 14.8 Å². The summed E-state index contributed by atoms with van der Waals surface area (Å²) in [7, 11) is 1.51. The number of nitrogens with one attached hydrogen (secondary N) is 1. The molecule has 1 amide bonds. The van der Waals surface area contributed by atoms with Gasteiger partial charge in [-0.3, -0.25) is 4.79 Å². The Balaban J connectivity index is 2.10. The van der Waals surface area contributed by atoms with Crippen molar-refractivity contribution in [2.45, 2.75) is 13.8 Å². The molecule has 0 aliphatic rings. The van der Waals surface area contributed by atoms with Crippen molar-refractivity contribution in [1.82, 2.24) is 0 Å². The minimum Gasteiger partial charge on any atom is -0.493 e. The maximum absolute atomic E-state index is 12.2. The Morgan fingerprint density at radius 1 is 1.36 bits per heavy atom. The Morgan fingerprint density at radius 3 is 2.80 bits per heavy atom. The third-order valence-corrected chi connectivity index (χ3v) is 4.49. The molecule has 0 atom stereocenters. The number of rotatable bonds is 6. The van der Waals surface area contributed by atoms with E-state index < -0.39 is 0 Å². The summed E-state index contributed by atoms with van der Waals surface area (Å²) in [6.45, 7) is 3.80. The standard InChI is InChI=1S/C18H19IN2O4/c1-11-5-4-6-15(12(11)2)21-17(22)10-25-18-14(19)7-13(9-20-23)8-16(18)24-3/h4-9,23H,10H2,1-3H3,(H,21,22)/b20-9+. The van der Waals surface area contributed by atoms with Crippen molar-refractivity contribution >= 4 is 40.4 Å². The average Bonchev–Trinajstić information content (AvgIpc) is 2.58. The normalized spacial score (nSPS) is 10.7. The zero-order valence-electron chi connectivity index (χ0n) is 14.2. The van der Waals surface area contributed by atoms with Crippen LogP contribution in [0.2, 0.25) is 0 Å². The van der Waals surface area contributed by atoms with Crippen LogP contribution in [0.25, 0.3) is 0 Å². The molecule has 0 aliphatic heterocycles. The lowest BCUT2D eigenvalue weighted by molar-refractivity contribution is -0.118. The largest absolute Gasteiger partial charge is 0.493 e. The molecule has 0 spiro atoms. The predicted octanol–water partition coefficient (Wildman–Crippen LogP) is 3.74. The minimum atomic E-state index is -0.257. The number of carbonyl (C=O) groups is 1. The molecule has 0 bridgehead atoms. The van der Waals surface area contributed by atoms with Crippen LogP contribution in [0.3, 0.4) is 0 Å². The molecule has 0 heterocycles. The molecule has 2 N–H and O–H groups in total. The van der Waals surface area contributed by atoms with E-state index in [0.717, 1.165) is 20.4 Å². The van der Waals surface area contributed by atoms with Gasteiger partial charge >= 0.3 is 0 Å². The van der Waals surface area contributed by atoms with Gasteiger partial charge in [0.2, 0.25) is 0 Å². The van der Waals surface area contributed by atoms with E-state index in [4.69, 9.17) is 14.7 Å². The van der Waals surface area contributed by atoms with E-state index in [-0.39, 0.29) is 12.5 Å². The SMILES string of the molecule is COc1cc(/C=N/O)cc(I)c1OCC(=O)Nc1cccc(C)c1C. The molecule has 7 heteroatoms. The van der Waals surface area contributed by atoms with Crippen LogP contribution in [0.5, 0.6) is 11.5 Å². The van der Waals surface area contributed by atoms with Crippen LogP contribution in [-0.2, 0) is 4.79 Å². The Labute approximate surface area is 160 Å². The number of carbonyl (C=O) groups excluding carboxylic acids is 1. The summed E-state index contributed by atoms with van der Waals surface area (Å²) in [5.74, 6) is 0.670. The number of hydrogen-bond acceptors (Lipinski definition) is 5. The number of oxime groups is 1. The van der Waals surface area contributed by atoms with Gasteiger partial charge in [0.1, 0.15) is 0 Å². The van der Waals surface area contributed by atoms with E-state index in [2.05, 4.69) is 33.1 Å². The zero-order valence-corrected chi connectivity index (χ0v) is 16.3. The highest BCUT2D eigenvalue weighted by atomic mass is 127. The highest BCUT2D eigenvalue weighted by molar-refractivity contribution is 14.1. The Morgan fingerprint density at radius 2 is 2.12 bits per heavy atom. The van der Waals surface area contributed by atoms with Gasteiger partial charge in [-0.1, -0.05) is 17.3 Å². The molecule has 6 nitrogen and oxygen atoms in total. The maximum Gasteiger partial charge on any atom is 0.262 e. The van der Waals surface area contributed by atoms with Crippen LogP contribution >= 0.6 is 22.6 Å². The second kappa shape index (κ2) is 8.70. The lowest BCUT2D eigenvalue weighted by atomic mass is 10.1. The average molecular weight is 454 g/mol. The topological polar surface area (TPSA) is 80.2 Å². The number of ether oxygens (including phenoxy) is 2. The maximum atomic E-state index is 12.2. The Kier molecular flexibility index (Phi) is 6.63. The third kappa shape index (κ3) is 4.85. The smallest absolute Gasteiger partial charge is 0.262 e. The summed E-state index contributed by atoms with van der Waals surface area (Å²) < 4.78 is 11.7. The highest BCUT2D eigenvalue weighted by Gasteiger charge is 2.14. The minimum absolute atomic E-state index is 0.146. The summed E-state index contributed by atoms with van der Waals surface area (Å²) >= 11 is 2.07. The van der Waals surface area contributed by atoms with Crippen LogP contribution in [0.1, 0.15) is 16.7 Å². The van der Waals surface area contributed by atoms with Gasteiger partial charge in [-0.2, -0.15) is 0 Å².